The molecule has 150 valence electrons. The van der Waals surface area contributed by atoms with Gasteiger partial charge in [-0.15, -0.1) is 0 Å². The smallest absolute Gasteiger partial charge is 0.0543 e. The molecule has 0 bridgehead atoms. The van der Waals surface area contributed by atoms with Crippen LogP contribution in [0.2, 0.25) is 0 Å². The van der Waals surface area contributed by atoms with Crippen LogP contribution in [0.15, 0.2) is 0 Å². The van der Waals surface area contributed by atoms with Gasteiger partial charge in [-0.2, -0.15) is 0 Å². The van der Waals surface area contributed by atoms with Crippen LogP contribution in [0.1, 0.15) is 98.8 Å². The van der Waals surface area contributed by atoms with E-state index in [1.54, 1.807) is 0 Å². The van der Waals surface area contributed by atoms with Gasteiger partial charge in [-0.3, -0.25) is 0 Å². The molecule has 4 fully saturated rings. The fourth-order valence-electron chi connectivity index (χ4n) is 9.25. The van der Waals surface area contributed by atoms with Crippen LogP contribution < -0.4 is 0 Å². The number of rotatable bonds is 3. The third-order valence-corrected chi connectivity index (χ3v) is 10.5. The van der Waals surface area contributed by atoms with Gasteiger partial charge in [0.15, 0.2) is 0 Å². The first kappa shape index (κ1) is 19.3. The van der Waals surface area contributed by atoms with E-state index in [1.807, 2.05) is 0 Å². The molecule has 0 amide bonds. The Hall–Kier alpha value is -0.0400. The van der Waals surface area contributed by atoms with Gasteiger partial charge in [0.1, 0.15) is 0 Å². The Bertz CT molecular complexity index is 514. The van der Waals surface area contributed by atoms with E-state index in [4.69, 9.17) is 0 Å². The minimum Gasteiger partial charge on any atom is -0.393 e. The molecule has 4 saturated carbocycles. The molecule has 0 aromatic carbocycles. The molecule has 4 aliphatic carbocycles. The van der Waals surface area contributed by atoms with Crippen LogP contribution in [0.3, 0.4) is 0 Å². The Morgan fingerprint density at radius 3 is 2.38 bits per heavy atom. The first-order valence-electron chi connectivity index (χ1n) is 12.0. The number of hydrogen-bond donors (Lipinski definition) is 1. The lowest BCUT2D eigenvalue weighted by atomic mass is 9.42. The maximum atomic E-state index is 10.3. The van der Waals surface area contributed by atoms with Crippen molar-refractivity contribution in [2.45, 2.75) is 105 Å². The Balaban J connectivity index is 1.61. The molecular formula is C25H44O. The van der Waals surface area contributed by atoms with Crippen molar-refractivity contribution in [2.75, 3.05) is 0 Å². The zero-order chi connectivity index (χ0) is 18.7. The van der Waals surface area contributed by atoms with Crippen LogP contribution in [0.5, 0.6) is 0 Å². The molecular weight excluding hydrogens is 316 g/mol. The predicted molar refractivity (Wildman–Crippen MR) is 110 cm³/mol. The van der Waals surface area contributed by atoms with Crippen LogP contribution in [0, 0.1) is 52.3 Å². The summed E-state index contributed by atoms with van der Waals surface area (Å²) >= 11 is 0. The molecule has 0 radical (unpaired) electrons. The third-order valence-electron chi connectivity index (χ3n) is 10.5. The molecule has 4 unspecified atom stereocenters. The molecule has 0 heterocycles. The van der Waals surface area contributed by atoms with E-state index < -0.39 is 0 Å². The molecule has 1 N–H and O–H groups in total. The van der Waals surface area contributed by atoms with Gasteiger partial charge in [-0.05, 0) is 104 Å². The third kappa shape index (κ3) is 2.73. The van der Waals surface area contributed by atoms with Gasteiger partial charge in [0, 0.05) is 0 Å². The summed E-state index contributed by atoms with van der Waals surface area (Å²) in [6.07, 6.45) is 13.5. The molecule has 0 spiro atoms. The van der Waals surface area contributed by atoms with Gasteiger partial charge in [0.2, 0.25) is 0 Å². The highest BCUT2D eigenvalue weighted by Gasteiger charge is 2.62. The maximum absolute atomic E-state index is 10.3. The zero-order valence-corrected chi connectivity index (χ0v) is 18.1. The largest absolute Gasteiger partial charge is 0.393 e. The summed E-state index contributed by atoms with van der Waals surface area (Å²) in [4.78, 5) is 0. The second-order valence-electron chi connectivity index (χ2n) is 11.6. The van der Waals surface area contributed by atoms with Crippen molar-refractivity contribution in [3.8, 4) is 0 Å². The van der Waals surface area contributed by atoms with Crippen molar-refractivity contribution in [3.63, 3.8) is 0 Å². The summed E-state index contributed by atoms with van der Waals surface area (Å²) in [5.41, 5.74) is 1.13. The highest BCUT2D eigenvalue weighted by atomic mass is 16.3. The summed E-state index contributed by atoms with van der Waals surface area (Å²) in [6, 6.07) is 0. The van der Waals surface area contributed by atoms with E-state index in [9.17, 15) is 5.11 Å². The number of aliphatic hydroxyl groups excluding tert-OH is 1. The Morgan fingerprint density at radius 1 is 0.962 bits per heavy atom. The van der Waals surface area contributed by atoms with Gasteiger partial charge in [-0.25, -0.2) is 0 Å². The number of aliphatic hydroxyl groups is 1. The summed E-state index contributed by atoms with van der Waals surface area (Å²) in [7, 11) is 0. The molecule has 0 saturated heterocycles. The molecule has 1 heteroatoms. The normalized spacial score (nSPS) is 54.9. The van der Waals surface area contributed by atoms with E-state index >= 15 is 0 Å². The quantitative estimate of drug-likeness (QED) is 0.594. The Labute approximate surface area is 162 Å². The highest BCUT2D eigenvalue weighted by molar-refractivity contribution is 5.11. The van der Waals surface area contributed by atoms with Gasteiger partial charge in [0.05, 0.1) is 6.10 Å². The lowest BCUT2D eigenvalue weighted by Crippen LogP contribution is -2.56. The average molecular weight is 361 g/mol. The van der Waals surface area contributed by atoms with Crippen molar-refractivity contribution >= 4 is 0 Å². The van der Waals surface area contributed by atoms with Crippen LogP contribution in [0.25, 0.3) is 0 Å². The summed E-state index contributed by atoms with van der Waals surface area (Å²) in [6.45, 7) is 12.8. The van der Waals surface area contributed by atoms with E-state index in [2.05, 4.69) is 34.6 Å². The highest BCUT2D eigenvalue weighted by Crippen LogP contribution is 2.69. The molecule has 0 aliphatic heterocycles. The van der Waals surface area contributed by atoms with Gasteiger partial charge < -0.3 is 5.11 Å². The summed E-state index contributed by atoms with van der Waals surface area (Å²) < 4.78 is 0. The van der Waals surface area contributed by atoms with E-state index in [0.29, 0.717) is 10.8 Å². The van der Waals surface area contributed by atoms with Crippen molar-refractivity contribution in [1.82, 2.24) is 0 Å². The minimum atomic E-state index is -0.0172. The van der Waals surface area contributed by atoms with Crippen molar-refractivity contribution < 1.29 is 5.11 Å². The van der Waals surface area contributed by atoms with Crippen molar-refractivity contribution in [2.24, 2.45) is 52.3 Å². The lowest BCUT2D eigenvalue weighted by Gasteiger charge is -2.63. The Morgan fingerprint density at radius 2 is 1.65 bits per heavy atom. The lowest BCUT2D eigenvalue weighted by molar-refractivity contribution is -0.150. The summed E-state index contributed by atoms with van der Waals surface area (Å²) in [5.74, 6) is 6.41. The molecule has 4 aliphatic rings. The second kappa shape index (κ2) is 6.78. The second-order valence-corrected chi connectivity index (χ2v) is 11.6. The molecule has 26 heavy (non-hydrogen) atoms. The maximum Gasteiger partial charge on any atom is 0.0543 e. The first-order valence-corrected chi connectivity index (χ1v) is 12.0. The van der Waals surface area contributed by atoms with Gasteiger partial charge >= 0.3 is 0 Å². The van der Waals surface area contributed by atoms with Crippen molar-refractivity contribution in [3.05, 3.63) is 0 Å². The fraction of sp³-hybridized carbons (Fsp3) is 1.00. The Kier molecular flexibility index (Phi) is 5.03. The van der Waals surface area contributed by atoms with E-state index in [0.717, 1.165) is 54.3 Å². The predicted octanol–water partition coefficient (Wildman–Crippen LogP) is 6.69. The van der Waals surface area contributed by atoms with Crippen LogP contribution in [-0.4, -0.2) is 11.2 Å². The molecule has 0 aromatic heterocycles. The van der Waals surface area contributed by atoms with E-state index in [-0.39, 0.29) is 6.10 Å². The van der Waals surface area contributed by atoms with Gasteiger partial charge in [0.25, 0.3) is 0 Å². The van der Waals surface area contributed by atoms with Gasteiger partial charge in [-0.1, -0.05) is 47.5 Å². The topological polar surface area (TPSA) is 20.2 Å². The van der Waals surface area contributed by atoms with E-state index in [1.165, 1.54) is 51.4 Å². The van der Waals surface area contributed by atoms with Crippen LogP contribution in [-0.2, 0) is 0 Å². The average Bonchev–Trinajstić information content (AvgIpc) is 2.94. The molecule has 10 atom stereocenters. The molecule has 1 nitrogen and oxygen atoms in total. The van der Waals surface area contributed by atoms with Crippen LogP contribution >= 0.6 is 0 Å². The SMILES string of the molecule is CCC[C@@H](C)C1CCC2[C@@H]3C(C)C[C@@H]4C[C@H](O)CC[C@]4(C)C3CC[C@@]21C. The molecule has 4 rings (SSSR count). The standard InChI is InChI=1S/C25H44O/c1-6-7-16(2)20-8-9-21-23-17(3)14-18-15-19(26)10-12-24(18,4)22(23)11-13-25(20,21)5/h16-23,26H,6-15H2,1-5H3/t16-,17?,18-,19-,20?,21?,22?,23+,24+,25-/m1/s1. The monoisotopic (exact) mass is 360 g/mol. The minimum absolute atomic E-state index is 0.0172. The zero-order valence-electron chi connectivity index (χ0n) is 18.1. The number of fused-ring (bicyclic) bond motifs is 5. The molecule has 0 aromatic rings. The first-order chi connectivity index (χ1) is 12.3. The number of hydrogen-bond acceptors (Lipinski definition) is 1. The van der Waals surface area contributed by atoms with Crippen molar-refractivity contribution in [1.29, 1.82) is 0 Å². The van der Waals surface area contributed by atoms with Crippen LogP contribution in [0.4, 0.5) is 0 Å². The summed E-state index contributed by atoms with van der Waals surface area (Å²) in [5, 5.41) is 10.3. The fourth-order valence-corrected chi connectivity index (χ4v) is 9.25.